The van der Waals surface area contributed by atoms with E-state index in [0.29, 0.717) is 18.1 Å². The molecule has 0 saturated carbocycles. The molecule has 0 bridgehead atoms. The van der Waals surface area contributed by atoms with Crippen molar-refractivity contribution >= 4 is 17.1 Å². The summed E-state index contributed by atoms with van der Waals surface area (Å²) < 4.78 is 1.79. The van der Waals surface area contributed by atoms with E-state index in [2.05, 4.69) is 4.98 Å². The smallest absolute Gasteiger partial charge is 0.137 e. The van der Waals surface area contributed by atoms with Gasteiger partial charge in [-0.15, -0.1) is 0 Å². The van der Waals surface area contributed by atoms with Gasteiger partial charge in [0.2, 0.25) is 0 Å². The van der Waals surface area contributed by atoms with E-state index in [1.54, 1.807) is 23.6 Å². The maximum Gasteiger partial charge on any atom is 0.137 e. The summed E-state index contributed by atoms with van der Waals surface area (Å²) in [4.78, 5) is 15.1. The molecule has 4 heteroatoms. The molecule has 2 aromatic rings. The molecule has 14 heavy (non-hydrogen) atoms. The van der Waals surface area contributed by atoms with E-state index in [4.69, 9.17) is 5.73 Å². The van der Waals surface area contributed by atoms with Crippen molar-refractivity contribution in [3.63, 3.8) is 0 Å². The van der Waals surface area contributed by atoms with E-state index in [9.17, 15) is 4.79 Å². The van der Waals surface area contributed by atoms with Crippen LogP contribution < -0.4 is 5.73 Å². The number of rotatable bonds is 2. The molecule has 2 rings (SSSR count). The monoisotopic (exact) mass is 189 g/mol. The summed E-state index contributed by atoms with van der Waals surface area (Å²) in [5.41, 5.74) is 6.71. The van der Waals surface area contributed by atoms with Crippen LogP contribution in [0, 0.1) is 0 Å². The molecule has 0 aliphatic rings. The number of nitrogens with zero attached hydrogens (tertiary/aromatic N) is 2. The first kappa shape index (κ1) is 8.74. The minimum Gasteiger partial charge on any atom is -0.385 e. The predicted molar refractivity (Wildman–Crippen MR) is 54.0 cm³/mol. The summed E-state index contributed by atoms with van der Waals surface area (Å²) in [7, 11) is 0. The van der Waals surface area contributed by atoms with Gasteiger partial charge < -0.3 is 5.73 Å². The highest BCUT2D eigenvalue weighted by atomic mass is 16.1. The lowest BCUT2D eigenvalue weighted by Gasteiger charge is -2.02. The largest absolute Gasteiger partial charge is 0.385 e. The maximum absolute atomic E-state index is 11.0. The average Bonchev–Trinajstić information content (AvgIpc) is 2.49. The van der Waals surface area contributed by atoms with Crippen LogP contribution in [0.2, 0.25) is 0 Å². The fraction of sp³-hybridized carbons (Fsp3) is 0.200. The molecule has 2 N–H and O–H groups in total. The van der Waals surface area contributed by atoms with Crippen LogP contribution in [0.15, 0.2) is 24.4 Å². The summed E-state index contributed by atoms with van der Waals surface area (Å²) in [6, 6.07) is 5.56. The van der Waals surface area contributed by atoms with Crippen molar-refractivity contribution in [2.45, 2.75) is 13.3 Å². The van der Waals surface area contributed by atoms with Crippen LogP contribution in [-0.4, -0.2) is 15.2 Å². The van der Waals surface area contributed by atoms with Gasteiger partial charge in [-0.25, -0.2) is 4.98 Å². The zero-order valence-electron chi connectivity index (χ0n) is 7.90. The number of imidazole rings is 1. The summed E-state index contributed by atoms with van der Waals surface area (Å²) in [5, 5.41) is 0. The Bertz CT molecular complexity index is 487. The van der Waals surface area contributed by atoms with E-state index >= 15 is 0 Å². The molecule has 0 saturated heterocycles. The third-order valence-electron chi connectivity index (χ3n) is 2.06. The molecule has 4 nitrogen and oxygen atoms in total. The lowest BCUT2D eigenvalue weighted by molar-refractivity contribution is -0.116. The van der Waals surface area contributed by atoms with Gasteiger partial charge in [0.1, 0.15) is 17.4 Å². The van der Waals surface area contributed by atoms with Gasteiger partial charge in [-0.3, -0.25) is 9.20 Å². The lowest BCUT2D eigenvalue weighted by atomic mass is 10.3. The molecular weight excluding hydrogens is 178 g/mol. The number of ketones is 1. The van der Waals surface area contributed by atoms with Gasteiger partial charge in [-0.1, -0.05) is 6.07 Å². The van der Waals surface area contributed by atoms with Gasteiger partial charge >= 0.3 is 0 Å². The minimum absolute atomic E-state index is 0.0840. The number of pyridine rings is 1. The number of carbonyl (C=O) groups excluding carboxylic acids is 1. The Hall–Kier alpha value is -1.84. The number of fused-ring (bicyclic) bond motifs is 1. The molecule has 2 aromatic heterocycles. The minimum atomic E-state index is 0.0840. The van der Waals surface area contributed by atoms with Gasteiger partial charge in [0, 0.05) is 0 Å². The summed E-state index contributed by atoms with van der Waals surface area (Å²) in [6.07, 6.45) is 2.04. The lowest BCUT2D eigenvalue weighted by Crippen LogP contribution is -2.05. The normalized spacial score (nSPS) is 10.6. The van der Waals surface area contributed by atoms with Crippen molar-refractivity contribution in [3.05, 3.63) is 30.2 Å². The number of aromatic nitrogens is 2. The number of Topliss-reactive ketones (excluding diaryl/α,β-unsaturated/α-hetero) is 1. The van der Waals surface area contributed by atoms with Gasteiger partial charge in [-0.2, -0.15) is 0 Å². The second kappa shape index (κ2) is 3.14. The van der Waals surface area contributed by atoms with Crippen LogP contribution >= 0.6 is 0 Å². The zero-order valence-corrected chi connectivity index (χ0v) is 7.90. The van der Waals surface area contributed by atoms with E-state index in [1.165, 1.54) is 0 Å². The Labute approximate surface area is 81.4 Å². The Morgan fingerprint density at radius 3 is 3.07 bits per heavy atom. The molecule has 0 atom stereocenters. The molecular formula is C10H11N3O. The molecule has 2 heterocycles. The van der Waals surface area contributed by atoms with E-state index in [0.717, 1.165) is 5.52 Å². The zero-order chi connectivity index (χ0) is 10.1. The van der Waals surface area contributed by atoms with E-state index in [-0.39, 0.29) is 5.78 Å². The third kappa shape index (κ3) is 1.35. The van der Waals surface area contributed by atoms with Gasteiger partial charge in [0.15, 0.2) is 0 Å². The van der Waals surface area contributed by atoms with Crippen molar-refractivity contribution in [1.82, 2.24) is 9.38 Å². The fourth-order valence-corrected chi connectivity index (χ4v) is 1.49. The summed E-state index contributed by atoms with van der Waals surface area (Å²) in [6.45, 7) is 1.54. The maximum atomic E-state index is 11.0. The Morgan fingerprint density at radius 1 is 1.57 bits per heavy atom. The number of nitrogens with two attached hydrogens (primary N) is 1. The summed E-state index contributed by atoms with van der Waals surface area (Å²) >= 11 is 0. The first-order chi connectivity index (χ1) is 6.68. The van der Waals surface area contributed by atoms with Crippen molar-refractivity contribution in [2.24, 2.45) is 0 Å². The highest BCUT2D eigenvalue weighted by molar-refractivity contribution is 5.77. The van der Waals surface area contributed by atoms with Gasteiger partial charge in [0.25, 0.3) is 0 Å². The van der Waals surface area contributed by atoms with Crippen molar-refractivity contribution < 1.29 is 4.79 Å². The first-order valence-corrected chi connectivity index (χ1v) is 4.39. The molecule has 0 fully saturated rings. The molecule has 0 spiro atoms. The average molecular weight is 189 g/mol. The number of carbonyl (C=O) groups is 1. The Balaban J connectivity index is 2.61. The van der Waals surface area contributed by atoms with E-state index < -0.39 is 0 Å². The van der Waals surface area contributed by atoms with Crippen LogP contribution in [0.5, 0.6) is 0 Å². The van der Waals surface area contributed by atoms with Crippen LogP contribution in [0.4, 0.5) is 5.82 Å². The van der Waals surface area contributed by atoms with Crippen molar-refractivity contribution in [2.75, 3.05) is 5.73 Å². The molecule has 0 radical (unpaired) electrons. The van der Waals surface area contributed by atoms with Gasteiger partial charge in [0.05, 0.1) is 18.1 Å². The van der Waals surface area contributed by atoms with Gasteiger partial charge in [-0.05, 0) is 19.1 Å². The molecule has 72 valence electrons. The van der Waals surface area contributed by atoms with Crippen LogP contribution in [0.3, 0.4) is 0 Å². The number of nitrogen functional groups attached to an aromatic ring is 1. The standard InChI is InChI=1S/C10H11N3O/c1-7(14)5-10-12-6-8-3-2-4-9(11)13(8)10/h2-4,6H,5,11H2,1H3. The third-order valence-corrected chi connectivity index (χ3v) is 2.06. The van der Waals surface area contributed by atoms with Crippen LogP contribution in [0.25, 0.3) is 5.52 Å². The van der Waals surface area contributed by atoms with Crippen LogP contribution in [0.1, 0.15) is 12.7 Å². The number of hydrogen-bond acceptors (Lipinski definition) is 3. The topological polar surface area (TPSA) is 60.4 Å². The first-order valence-electron chi connectivity index (χ1n) is 4.39. The second-order valence-electron chi connectivity index (χ2n) is 3.26. The Morgan fingerprint density at radius 2 is 2.36 bits per heavy atom. The number of anilines is 1. The molecule has 0 amide bonds. The highest BCUT2D eigenvalue weighted by Gasteiger charge is 2.07. The van der Waals surface area contributed by atoms with Crippen molar-refractivity contribution in [3.8, 4) is 0 Å². The molecule has 0 aromatic carbocycles. The predicted octanol–water partition coefficient (Wildman–Crippen LogP) is 1.05. The second-order valence-corrected chi connectivity index (χ2v) is 3.26. The van der Waals surface area contributed by atoms with E-state index in [1.807, 2.05) is 12.1 Å². The van der Waals surface area contributed by atoms with Crippen LogP contribution in [-0.2, 0) is 11.2 Å². The SMILES string of the molecule is CC(=O)Cc1ncc2cccc(N)n12. The Kier molecular flexibility index (Phi) is 1.96. The fourth-order valence-electron chi connectivity index (χ4n) is 1.49. The number of hydrogen-bond donors (Lipinski definition) is 1. The molecule has 0 aliphatic carbocycles. The molecule has 0 unspecified atom stereocenters. The van der Waals surface area contributed by atoms with Crippen molar-refractivity contribution in [1.29, 1.82) is 0 Å². The summed E-state index contributed by atoms with van der Waals surface area (Å²) in [5.74, 6) is 1.39. The quantitative estimate of drug-likeness (QED) is 0.768. The highest BCUT2D eigenvalue weighted by Crippen LogP contribution is 2.12. The molecule has 0 aliphatic heterocycles.